The number of carbonyl (C=O) groups is 1. The van der Waals surface area contributed by atoms with Gasteiger partial charge in [0.25, 0.3) is 0 Å². The fraction of sp³-hybridized carbons (Fsp3) is 0.150. The maximum absolute atomic E-state index is 12.4. The van der Waals surface area contributed by atoms with Crippen LogP contribution in [0.1, 0.15) is 11.3 Å². The number of nitrogens with zero attached hydrogens (tertiary/aromatic N) is 4. The van der Waals surface area contributed by atoms with Gasteiger partial charge in [0.1, 0.15) is 5.52 Å². The number of rotatable bonds is 4. The number of amides is 1. The summed E-state index contributed by atoms with van der Waals surface area (Å²) in [6.07, 6.45) is 6.65. The number of likely N-dealkylation sites (N-methyl/N-ethyl adjacent to an activating group) is 1. The van der Waals surface area contributed by atoms with E-state index in [0.717, 1.165) is 27.9 Å². The van der Waals surface area contributed by atoms with Gasteiger partial charge >= 0.3 is 0 Å². The summed E-state index contributed by atoms with van der Waals surface area (Å²) in [5, 5.41) is 1.18. The lowest BCUT2D eigenvalue weighted by Gasteiger charge is -2.15. The van der Waals surface area contributed by atoms with Crippen molar-refractivity contribution in [2.75, 3.05) is 7.05 Å². The highest BCUT2D eigenvalue weighted by molar-refractivity contribution is 5.92. The normalized spacial score (nSPS) is 11.6. The number of H-pyrrole nitrogens is 1. The van der Waals surface area contributed by atoms with Gasteiger partial charge in [-0.3, -0.25) is 4.79 Å². The van der Waals surface area contributed by atoms with Gasteiger partial charge in [0.15, 0.2) is 5.65 Å². The molecular weight excluding hydrogens is 326 g/mol. The number of para-hydroxylation sites is 1. The molecule has 0 aliphatic carbocycles. The maximum Gasteiger partial charge on any atom is 0.246 e. The highest BCUT2D eigenvalue weighted by Crippen LogP contribution is 2.19. The number of hydrogen-bond acceptors (Lipinski definition) is 3. The number of carbonyl (C=O) groups excluding carboxylic acids is 1. The molecule has 6 heteroatoms. The summed E-state index contributed by atoms with van der Waals surface area (Å²) in [6, 6.07) is 12.2. The van der Waals surface area contributed by atoms with Gasteiger partial charge in [0, 0.05) is 37.6 Å². The number of aryl methyl sites for hydroxylation is 1. The van der Waals surface area contributed by atoms with Crippen LogP contribution in [0.4, 0.5) is 0 Å². The quantitative estimate of drug-likeness (QED) is 0.578. The summed E-state index contributed by atoms with van der Waals surface area (Å²) in [6.45, 7) is 0.547. The highest BCUT2D eigenvalue weighted by atomic mass is 16.2. The molecule has 0 unspecified atom stereocenters. The fourth-order valence-corrected chi connectivity index (χ4v) is 3.05. The molecular formula is C20H19N5O. The second-order valence-corrected chi connectivity index (χ2v) is 6.32. The number of benzene rings is 1. The molecule has 0 aliphatic heterocycles. The minimum absolute atomic E-state index is 0.0580. The SMILES string of the molecule is CN(Cc1cc2ccccc2n1C)C(=O)/C=C/c1cnc2[nH]cnc2c1. The van der Waals surface area contributed by atoms with Gasteiger partial charge in [-0.15, -0.1) is 0 Å². The van der Waals surface area contributed by atoms with Gasteiger partial charge in [-0.1, -0.05) is 18.2 Å². The number of nitrogens with one attached hydrogen (secondary N) is 1. The lowest BCUT2D eigenvalue weighted by molar-refractivity contribution is -0.125. The predicted octanol–water partition coefficient (Wildman–Crippen LogP) is 3.12. The summed E-state index contributed by atoms with van der Waals surface area (Å²) in [4.78, 5) is 25.5. The largest absolute Gasteiger partial charge is 0.346 e. The molecule has 0 saturated heterocycles. The van der Waals surface area contributed by atoms with Crippen LogP contribution in [-0.2, 0) is 18.4 Å². The molecule has 1 amide bonds. The zero-order valence-corrected chi connectivity index (χ0v) is 14.7. The van der Waals surface area contributed by atoms with Crippen molar-refractivity contribution in [1.82, 2.24) is 24.4 Å². The first-order chi connectivity index (χ1) is 12.6. The van der Waals surface area contributed by atoms with Gasteiger partial charge in [-0.2, -0.15) is 0 Å². The molecule has 0 aliphatic rings. The Hall–Kier alpha value is -3.41. The summed E-state index contributed by atoms with van der Waals surface area (Å²) >= 11 is 0. The van der Waals surface area contributed by atoms with Crippen molar-refractivity contribution in [3.05, 3.63) is 66.3 Å². The highest BCUT2D eigenvalue weighted by Gasteiger charge is 2.10. The van der Waals surface area contributed by atoms with Crippen LogP contribution in [0.3, 0.4) is 0 Å². The third kappa shape index (κ3) is 2.97. The predicted molar refractivity (Wildman–Crippen MR) is 102 cm³/mol. The molecule has 0 saturated carbocycles. The molecule has 26 heavy (non-hydrogen) atoms. The summed E-state index contributed by atoms with van der Waals surface area (Å²) in [5.41, 5.74) is 4.62. The molecule has 1 N–H and O–H groups in total. The Bertz CT molecular complexity index is 1120. The molecule has 4 aromatic rings. The number of hydrogen-bond donors (Lipinski definition) is 1. The van der Waals surface area contributed by atoms with Crippen molar-refractivity contribution >= 4 is 34.1 Å². The van der Waals surface area contributed by atoms with Crippen LogP contribution in [-0.4, -0.2) is 37.4 Å². The average molecular weight is 345 g/mol. The standard InChI is InChI=1S/C20H19N5O/c1-24(12-16-10-15-5-3-4-6-18(15)25(16)2)19(26)8-7-14-9-17-20(21-11-14)23-13-22-17/h3-11,13H,12H2,1-2H3,(H,21,22,23)/b8-7+. The van der Waals surface area contributed by atoms with Crippen LogP contribution >= 0.6 is 0 Å². The van der Waals surface area contributed by atoms with E-state index in [-0.39, 0.29) is 5.91 Å². The Morgan fingerprint density at radius 1 is 1.27 bits per heavy atom. The number of pyridine rings is 1. The van der Waals surface area contributed by atoms with Crippen molar-refractivity contribution in [3.63, 3.8) is 0 Å². The first-order valence-electron chi connectivity index (χ1n) is 8.37. The molecule has 1 aromatic carbocycles. The van der Waals surface area contributed by atoms with Gasteiger partial charge in [-0.25, -0.2) is 9.97 Å². The van der Waals surface area contributed by atoms with E-state index in [1.165, 1.54) is 5.39 Å². The Balaban J connectivity index is 1.49. The molecule has 0 fully saturated rings. The van der Waals surface area contributed by atoms with Crippen molar-refractivity contribution in [2.24, 2.45) is 7.05 Å². The third-order valence-corrected chi connectivity index (χ3v) is 4.54. The van der Waals surface area contributed by atoms with Crippen molar-refractivity contribution in [2.45, 2.75) is 6.54 Å². The van der Waals surface area contributed by atoms with Gasteiger partial charge in [-0.05, 0) is 35.2 Å². The summed E-state index contributed by atoms with van der Waals surface area (Å²) in [5.74, 6) is -0.0580. The molecule has 0 spiro atoms. The van der Waals surface area contributed by atoms with Crippen LogP contribution in [0.15, 0.2) is 55.0 Å². The molecule has 130 valence electrons. The second kappa shape index (κ2) is 6.48. The molecule has 3 heterocycles. The third-order valence-electron chi connectivity index (χ3n) is 4.54. The minimum Gasteiger partial charge on any atom is -0.346 e. The first-order valence-corrected chi connectivity index (χ1v) is 8.37. The molecule has 0 bridgehead atoms. The number of aromatic nitrogens is 4. The van der Waals surface area contributed by atoms with Crippen molar-refractivity contribution in [1.29, 1.82) is 0 Å². The average Bonchev–Trinajstić information content (AvgIpc) is 3.24. The van der Waals surface area contributed by atoms with E-state index in [9.17, 15) is 4.79 Å². The van der Waals surface area contributed by atoms with Gasteiger partial charge in [0.2, 0.25) is 5.91 Å². The van der Waals surface area contributed by atoms with E-state index in [2.05, 4.69) is 37.7 Å². The Morgan fingerprint density at radius 2 is 2.12 bits per heavy atom. The Morgan fingerprint density at radius 3 is 2.96 bits per heavy atom. The minimum atomic E-state index is -0.0580. The topological polar surface area (TPSA) is 66.8 Å². The van der Waals surface area contributed by atoms with Crippen LogP contribution < -0.4 is 0 Å². The van der Waals surface area contributed by atoms with Crippen molar-refractivity contribution < 1.29 is 4.79 Å². The lowest BCUT2D eigenvalue weighted by atomic mass is 10.2. The maximum atomic E-state index is 12.4. The van der Waals surface area contributed by atoms with E-state index in [0.29, 0.717) is 6.54 Å². The summed E-state index contributed by atoms with van der Waals surface area (Å²) < 4.78 is 2.12. The van der Waals surface area contributed by atoms with E-state index in [1.54, 1.807) is 36.6 Å². The molecule has 0 radical (unpaired) electrons. The molecule has 4 rings (SSSR count). The van der Waals surface area contributed by atoms with E-state index >= 15 is 0 Å². The smallest absolute Gasteiger partial charge is 0.246 e. The zero-order chi connectivity index (χ0) is 18.1. The second-order valence-electron chi connectivity index (χ2n) is 6.32. The van der Waals surface area contributed by atoms with Gasteiger partial charge in [0.05, 0.1) is 12.9 Å². The van der Waals surface area contributed by atoms with Crippen molar-refractivity contribution in [3.8, 4) is 0 Å². The van der Waals surface area contributed by atoms with Crippen LogP contribution in [0.2, 0.25) is 0 Å². The Kier molecular flexibility index (Phi) is 4.01. The number of aromatic amines is 1. The number of imidazole rings is 1. The molecule has 6 nitrogen and oxygen atoms in total. The summed E-state index contributed by atoms with van der Waals surface area (Å²) in [7, 11) is 3.83. The van der Waals surface area contributed by atoms with E-state index < -0.39 is 0 Å². The van der Waals surface area contributed by atoms with Gasteiger partial charge < -0.3 is 14.5 Å². The molecule has 0 atom stereocenters. The van der Waals surface area contributed by atoms with E-state index in [1.807, 2.05) is 25.2 Å². The van der Waals surface area contributed by atoms with Crippen LogP contribution in [0, 0.1) is 0 Å². The van der Waals surface area contributed by atoms with E-state index in [4.69, 9.17) is 0 Å². The van der Waals surface area contributed by atoms with Crippen LogP contribution in [0.5, 0.6) is 0 Å². The lowest BCUT2D eigenvalue weighted by Crippen LogP contribution is -2.25. The van der Waals surface area contributed by atoms with Crippen LogP contribution in [0.25, 0.3) is 28.1 Å². The fourth-order valence-electron chi connectivity index (χ4n) is 3.05. The number of fused-ring (bicyclic) bond motifs is 2. The monoisotopic (exact) mass is 345 g/mol. The Labute approximate surface area is 150 Å². The first kappa shape index (κ1) is 16.1. The zero-order valence-electron chi connectivity index (χ0n) is 14.7. The molecule has 3 aromatic heterocycles.